The molecule has 2 heterocycles. The van der Waals surface area contributed by atoms with E-state index < -0.39 is 6.04 Å². The van der Waals surface area contributed by atoms with Crippen LogP contribution in [-0.4, -0.2) is 39.8 Å². The minimum atomic E-state index is -0.788. The smallest absolute Gasteiger partial charge is 0.325 e. The molecule has 1 aromatic heterocycles. The van der Waals surface area contributed by atoms with Gasteiger partial charge in [-0.2, -0.15) is 0 Å². The van der Waals surface area contributed by atoms with Gasteiger partial charge in [-0.3, -0.25) is 19.5 Å². The highest BCUT2D eigenvalue weighted by atomic mass is 16.2. The fourth-order valence-electron chi connectivity index (χ4n) is 4.41. The standard InChI is InChI=1S/C24H28N4O3/c29-22(16-21-23(30)28(24(31)27-21)20-7-2-1-3-8-20)26-19-6-4-5-18(15-19)10-9-17-11-13-25-14-12-17/h4-6,11-15,20-21H,1-3,7-10,16H2,(H,26,29)(H,27,31)/t21-/m1/s1. The monoisotopic (exact) mass is 420 g/mol. The number of aryl methyl sites for hydroxylation is 2. The number of nitrogens with one attached hydrogen (secondary N) is 2. The maximum atomic E-state index is 12.7. The van der Waals surface area contributed by atoms with E-state index in [1.807, 2.05) is 36.4 Å². The van der Waals surface area contributed by atoms with Gasteiger partial charge < -0.3 is 10.6 Å². The molecule has 7 heteroatoms. The van der Waals surface area contributed by atoms with Gasteiger partial charge in [0.25, 0.3) is 5.91 Å². The Kier molecular flexibility index (Phi) is 6.60. The Labute approximate surface area is 182 Å². The van der Waals surface area contributed by atoms with Crippen LogP contribution in [0.4, 0.5) is 10.5 Å². The van der Waals surface area contributed by atoms with Crippen LogP contribution in [0.2, 0.25) is 0 Å². The van der Waals surface area contributed by atoms with Crippen LogP contribution in [0, 0.1) is 0 Å². The van der Waals surface area contributed by atoms with Gasteiger partial charge in [-0.05, 0) is 61.1 Å². The van der Waals surface area contributed by atoms with E-state index in [1.54, 1.807) is 12.4 Å². The van der Waals surface area contributed by atoms with Crippen LogP contribution in [0.25, 0.3) is 0 Å². The number of pyridine rings is 1. The highest BCUT2D eigenvalue weighted by Crippen LogP contribution is 2.26. The largest absolute Gasteiger partial charge is 0.326 e. The highest BCUT2D eigenvalue weighted by molar-refractivity contribution is 6.07. The highest BCUT2D eigenvalue weighted by Gasteiger charge is 2.42. The van der Waals surface area contributed by atoms with Gasteiger partial charge in [-0.15, -0.1) is 0 Å². The molecule has 2 aromatic rings. The van der Waals surface area contributed by atoms with Gasteiger partial charge in [-0.1, -0.05) is 31.4 Å². The molecular formula is C24H28N4O3. The summed E-state index contributed by atoms with van der Waals surface area (Å²) in [7, 11) is 0. The molecule has 0 unspecified atom stereocenters. The summed E-state index contributed by atoms with van der Waals surface area (Å²) in [4.78, 5) is 43.0. The zero-order chi connectivity index (χ0) is 21.6. The van der Waals surface area contributed by atoms with E-state index in [0.717, 1.165) is 50.5 Å². The van der Waals surface area contributed by atoms with Crippen LogP contribution in [0.3, 0.4) is 0 Å². The van der Waals surface area contributed by atoms with E-state index in [0.29, 0.717) is 5.69 Å². The van der Waals surface area contributed by atoms with Crippen LogP contribution in [0.1, 0.15) is 49.7 Å². The van der Waals surface area contributed by atoms with Crippen molar-refractivity contribution in [1.29, 1.82) is 0 Å². The molecule has 0 spiro atoms. The number of rotatable bonds is 7. The minimum Gasteiger partial charge on any atom is -0.326 e. The molecule has 7 nitrogen and oxygen atoms in total. The molecule has 0 bridgehead atoms. The predicted octanol–water partition coefficient (Wildman–Crippen LogP) is 3.45. The topological polar surface area (TPSA) is 91.4 Å². The van der Waals surface area contributed by atoms with Crippen molar-refractivity contribution in [2.24, 2.45) is 0 Å². The number of urea groups is 1. The van der Waals surface area contributed by atoms with E-state index in [-0.39, 0.29) is 30.3 Å². The number of aromatic nitrogens is 1. The first-order valence-corrected chi connectivity index (χ1v) is 11.0. The molecule has 4 amide bonds. The number of hydrogen-bond donors (Lipinski definition) is 2. The lowest BCUT2D eigenvalue weighted by atomic mass is 9.94. The summed E-state index contributed by atoms with van der Waals surface area (Å²) in [6.07, 6.45) is 10.2. The first-order valence-electron chi connectivity index (χ1n) is 11.0. The van der Waals surface area contributed by atoms with E-state index in [9.17, 15) is 14.4 Å². The molecule has 31 heavy (non-hydrogen) atoms. The van der Waals surface area contributed by atoms with Gasteiger partial charge in [0, 0.05) is 24.1 Å². The Morgan fingerprint density at radius 3 is 2.55 bits per heavy atom. The lowest BCUT2D eigenvalue weighted by molar-refractivity contribution is -0.131. The molecule has 2 fully saturated rings. The molecular weight excluding hydrogens is 392 g/mol. The second-order valence-electron chi connectivity index (χ2n) is 8.31. The maximum absolute atomic E-state index is 12.7. The minimum absolute atomic E-state index is 0.0358. The van der Waals surface area contributed by atoms with Crippen molar-refractivity contribution in [1.82, 2.24) is 15.2 Å². The van der Waals surface area contributed by atoms with Crippen molar-refractivity contribution < 1.29 is 14.4 Å². The Bertz CT molecular complexity index is 941. The number of benzene rings is 1. The van der Waals surface area contributed by atoms with Gasteiger partial charge in [0.1, 0.15) is 6.04 Å². The number of hydrogen-bond acceptors (Lipinski definition) is 4. The number of anilines is 1. The summed E-state index contributed by atoms with van der Waals surface area (Å²) in [5.74, 6) is -0.562. The van der Waals surface area contributed by atoms with Crippen molar-refractivity contribution in [3.05, 3.63) is 59.9 Å². The summed E-state index contributed by atoms with van der Waals surface area (Å²) in [5.41, 5.74) is 3.02. The summed E-state index contributed by atoms with van der Waals surface area (Å²) >= 11 is 0. The fourth-order valence-corrected chi connectivity index (χ4v) is 4.41. The van der Waals surface area contributed by atoms with Crippen molar-refractivity contribution in [2.75, 3.05) is 5.32 Å². The summed E-state index contributed by atoms with van der Waals surface area (Å²) in [5, 5.41) is 5.56. The molecule has 2 aliphatic rings. The van der Waals surface area contributed by atoms with Crippen LogP contribution in [0.15, 0.2) is 48.8 Å². The number of carbonyl (C=O) groups is 3. The molecule has 162 valence electrons. The molecule has 1 aliphatic carbocycles. The first-order chi connectivity index (χ1) is 15.1. The van der Waals surface area contributed by atoms with Gasteiger partial charge >= 0.3 is 6.03 Å². The van der Waals surface area contributed by atoms with Gasteiger partial charge in [0.2, 0.25) is 5.91 Å². The Balaban J connectivity index is 1.31. The number of imide groups is 1. The summed E-state index contributed by atoms with van der Waals surface area (Å²) < 4.78 is 0. The molecule has 1 aliphatic heterocycles. The third kappa shape index (κ3) is 5.29. The van der Waals surface area contributed by atoms with Crippen molar-refractivity contribution in [2.45, 2.75) is 63.5 Å². The van der Waals surface area contributed by atoms with Crippen molar-refractivity contribution >= 4 is 23.5 Å². The Morgan fingerprint density at radius 1 is 1.03 bits per heavy atom. The van der Waals surface area contributed by atoms with Crippen molar-refractivity contribution in [3.8, 4) is 0 Å². The normalized spacial score (nSPS) is 19.4. The van der Waals surface area contributed by atoms with Crippen LogP contribution in [-0.2, 0) is 22.4 Å². The lowest BCUT2D eigenvalue weighted by Gasteiger charge is -2.28. The van der Waals surface area contributed by atoms with Gasteiger partial charge in [-0.25, -0.2) is 4.79 Å². The zero-order valence-corrected chi connectivity index (χ0v) is 17.5. The van der Waals surface area contributed by atoms with Gasteiger partial charge in [0.05, 0.1) is 6.42 Å². The summed E-state index contributed by atoms with van der Waals surface area (Å²) in [6.45, 7) is 0. The number of carbonyl (C=O) groups excluding carboxylic acids is 3. The van der Waals surface area contributed by atoms with E-state index in [4.69, 9.17) is 0 Å². The molecule has 2 N–H and O–H groups in total. The Morgan fingerprint density at radius 2 is 1.77 bits per heavy atom. The average Bonchev–Trinajstić information content (AvgIpc) is 3.06. The molecule has 1 saturated carbocycles. The Hall–Kier alpha value is -3.22. The fraction of sp³-hybridized carbons (Fsp3) is 0.417. The van der Waals surface area contributed by atoms with Gasteiger partial charge in [0.15, 0.2) is 0 Å². The van der Waals surface area contributed by atoms with E-state index >= 15 is 0 Å². The molecule has 4 rings (SSSR count). The van der Waals surface area contributed by atoms with Crippen molar-refractivity contribution in [3.63, 3.8) is 0 Å². The molecule has 1 atom stereocenters. The summed E-state index contributed by atoms with van der Waals surface area (Å²) in [6, 6.07) is 10.5. The maximum Gasteiger partial charge on any atom is 0.325 e. The lowest BCUT2D eigenvalue weighted by Crippen LogP contribution is -2.42. The molecule has 0 radical (unpaired) electrons. The third-order valence-electron chi connectivity index (χ3n) is 6.04. The second-order valence-corrected chi connectivity index (χ2v) is 8.31. The van der Waals surface area contributed by atoms with Crippen LogP contribution in [0.5, 0.6) is 0 Å². The van der Waals surface area contributed by atoms with Crippen LogP contribution < -0.4 is 10.6 Å². The van der Waals surface area contributed by atoms with Crippen LogP contribution >= 0.6 is 0 Å². The SMILES string of the molecule is O=C(C[C@H]1NC(=O)N(C2CCCCC2)C1=O)Nc1cccc(CCc2ccncc2)c1. The number of nitrogens with zero attached hydrogens (tertiary/aromatic N) is 2. The van der Waals surface area contributed by atoms with E-state index in [2.05, 4.69) is 15.6 Å². The second kappa shape index (κ2) is 9.73. The first kappa shape index (κ1) is 21.0. The predicted molar refractivity (Wildman–Crippen MR) is 117 cm³/mol. The molecule has 1 saturated heterocycles. The zero-order valence-electron chi connectivity index (χ0n) is 17.5. The quantitative estimate of drug-likeness (QED) is 0.671. The number of amides is 4. The third-order valence-corrected chi connectivity index (χ3v) is 6.04. The molecule has 1 aromatic carbocycles. The average molecular weight is 421 g/mol. The van der Waals surface area contributed by atoms with E-state index in [1.165, 1.54) is 10.5 Å².